The summed E-state index contributed by atoms with van der Waals surface area (Å²) >= 11 is 0. The Morgan fingerprint density at radius 1 is 1.25 bits per heavy atom. The molecule has 0 heterocycles. The quantitative estimate of drug-likeness (QED) is 0.791. The Morgan fingerprint density at radius 3 is 2.19 bits per heavy atom. The van der Waals surface area contributed by atoms with Crippen molar-refractivity contribution >= 4 is 5.78 Å². The van der Waals surface area contributed by atoms with Crippen LogP contribution >= 0.6 is 0 Å². The van der Waals surface area contributed by atoms with Gasteiger partial charge in [0.2, 0.25) is 0 Å². The fourth-order valence-corrected chi connectivity index (χ4v) is 1.82. The second kappa shape index (κ2) is 5.26. The summed E-state index contributed by atoms with van der Waals surface area (Å²) in [5.74, 6) is 0.287. The molecular weight excluding hydrogens is 198 g/mol. The molecule has 0 aliphatic rings. The highest BCUT2D eigenvalue weighted by Crippen LogP contribution is 2.15. The molecule has 1 rings (SSSR count). The molecule has 2 heteroatoms. The van der Waals surface area contributed by atoms with Crippen molar-refractivity contribution in [2.75, 3.05) is 0 Å². The van der Waals surface area contributed by atoms with E-state index in [0.717, 1.165) is 23.1 Å². The van der Waals surface area contributed by atoms with Gasteiger partial charge < -0.3 is 5.73 Å². The molecule has 2 nitrogen and oxygen atoms in total. The van der Waals surface area contributed by atoms with E-state index < -0.39 is 0 Å². The lowest BCUT2D eigenvalue weighted by Gasteiger charge is -2.17. The SMILES string of the molecule is CCC(C)C(N)C(=O)c1cc(C)cc(C)c1. The van der Waals surface area contributed by atoms with Crippen LogP contribution in [0.3, 0.4) is 0 Å². The maximum atomic E-state index is 12.1. The van der Waals surface area contributed by atoms with Crippen molar-refractivity contribution in [3.05, 3.63) is 34.9 Å². The molecule has 2 N–H and O–H groups in total. The predicted molar refractivity (Wildman–Crippen MR) is 67.7 cm³/mol. The van der Waals surface area contributed by atoms with Crippen LogP contribution in [0, 0.1) is 19.8 Å². The molecule has 0 spiro atoms. The van der Waals surface area contributed by atoms with E-state index >= 15 is 0 Å². The summed E-state index contributed by atoms with van der Waals surface area (Å²) in [5, 5.41) is 0. The molecule has 0 saturated carbocycles. The maximum absolute atomic E-state index is 12.1. The van der Waals surface area contributed by atoms with Gasteiger partial charge in [0.25, 0.3) is 0 Å². The number of aryl methyl sites for hydroxylation is 2. The van der Waals surface area contributed by atoms with Crippen molar-refractivity contribution in [1.29, 1.82) is 0 Å². The van der Waals surface area contributed by atoms with Gasteiger partial charge >= 0.3 is 0 Å². The Labute approximate surface area is 97.9 Å². The molecule has 88 valence electrons. The van der Waals surface area contributed by atoms with Crippen LogP contribution in [0.1, 0.15) is 41.8 Å². The molecule has 1 aromatic rings. The molecule has 2 unspecified atom stereocenters. The van der Waals surface area contributed by atoms with E-state index in [-0.39, 0.29) is 17.7 Å². The van der Waals surface area contributed by atoms with Crippen LogP contribution in [0.5, 0.6) is 0 Å². The van der Waals surface area contributed by atoms with Gasteiger partial charge in [-0.25, -0.2) is 0 Å². The third-order valence-corrected chi connectivity index (χ3v) is 3.07. The Bertz CT molecular complexity index is 364. The van der Waals surface area contributed by atoms with Crippen LogP contribution in [-0.2, 0) is 0 Å². The molecule has 0 amide bonds. The highest BCUT2D eigenvalue weighted by molar-refractivity contribution is 6.00. The zero-order valence-electron chi connectivity index (χ0n) is 10.6. The first-order chi connectivity index (χ1) is 7.45. The summed E-state index contributed by atoms with van der Waals surface area (Å²) < 4.78 is 0. The Kier molecular flexibility index (Phi) is 4.25. The smallest absolute Gasteiger partial charge is 0.179 e. The number of rotatable bonds is 4. The topological polar surface area (TPSA) is 43.1 Å². The standard InChI is InChI=1S/C14H21NO/c1-5-11(4)13(15)14(16)12-7-9(2)6-10(3)8-12/h6-8,11,13H,5,15H2,1-4H3. The summed E-state index contributed by atoms with van der Waals surface area (Å²) in [6.07, 6.45) is 0.928. The van der Waals surface area contributed by atoms with Gasteiger partial charge in [-0.05, 0) is 31.9 Å². The summed E-state index contributed by atoms with van der Waals surface area (Å²) in [6, 6.07) is 5.51. The highest BCUT2D eigenvalue weighted by Gasteiger charge is 2.20. The molecule has 16 heavy (non-hydrogen) atoms. The van der Waals surface area contributed by atoms with Crippen LogP contribution in [0.15, 0.2) is 18.2 Å². The van der Waals surface area contributed by atoms with Crippen LogP contribution in [0.2, 0.25) is 0 Å². The third-order valence-electron chi connectivity index (χ3n) is 3.07. The molecule has 0 aliphatic heterocycles. The van der Waals surface area contributed by atoms with Crippen molar-refractivity contribution in [3.63, 3.8) is 0 Å². The van der Waals surface area contributed by atoms with Gasteiger partial charge in [0, 0.05) is 5.56 Å². The van der Waals surface area contributed by atoms with Crippen LogP contribution in [0.25, 0.3) is 0 Å². The van der Waals surface area contributed by atoms with E-state index in [9.17, 15) is 4.79 Å². The first-order valence-electron chi connectivity index (χ1n) is 5.83. The molecule has 0 radical (unpaired) electrons. The van der Waals surface area contributed by atoms with E-state index in [0.29, 0.717) is 0 Å². The van der Waals surface area contributed by atoms with Gasteiger partial charge in [-0.3, -0.25) is 4.79 Å². The first kappa shape index (κ1) is 12.9. The van der Waals surface area contributed by atoms with Crippen LogP contribution < -0.4 is 5.73 Å². The lowest BCUT2D eigenvalue weighted by atomic mass is 9.91. The number of ketones is 1. The summed E-state index contributed by atoms with van der Waals surface area (Å²) in [7, 11) is 0. The fourth-order valence-electron chi connectivity index (χ4n) is 1.82. The van der Waals surface area contributed by atoms with E-state index in [1.54, 1.807) is 0 Å². The van der Waals surface area contributed by atoms with Gasteiger partial charge in [-0.1, -0.05) is 37.5 Å². The van der Waals surface area contributed by atoms with Crippen molar-refractivity contribution in [2.45, 2.75) is 40.2 Å². The molecule has 0 fully saturated rings. The van der Waals surface area contributed by atoms with E-state index in [2.05, 4.69) is 13.0 Å². The highest BCUT2D eigenvalue weighted by atomic mass is 16.1. The van der Waals surface area contributed by atoms with Gasteiger partial charge in [0.15, 0.2) is 5.78 Å². The average Bonchev–Trinajstić information content (AvgIpc) is 2.24. The zero-order valence-corrected chi connectivity index (χ0v) is 10.6. The lowest BCUT2D eigenvalue weighted by Crippen LogP contribution is -2.36. The molecule has 1 aromatic carbocycles. The van der Waals surface area contributed by atoms with Crippen molar-refractivity contribution in [3.8, 4) is 0 Å². The minimum Gasteiger partial charge on any atom is -0.321 e. The summed E-state index contributed by atoms with van der Waals surface area (Å²) in [5.41, 5.74) is 8.92. The number of Topliss-reactive ketones (excluding diaryl/α,β-unsaturated/α-hetero) is 1. The number of hydrogen-bond acceptors (Lipinski definition) is 2. The van der Waals surface area contributed by atoms with E-state index in [1.165, 1.54) is 0 Å². The molecule has 2 atom stereocenters. The zero-order chi connectivity index (χ0) is 12.3. The molecule has 0 bridgehead atoms. The van der Waals surface area contributed by atoms with Crippen LogP contribution in [-0.4, -0.2) is 11.8 Å². The molecule has 0 aromatic heterocycles. The van der Waals surface area contributed by atoms with Gasteiger partial charge in [0.1, 0.15) is 0 Å². The second-order valence-corrected chi connectivity index (χ2v) is 4.65. The number of nitrogens with two attached hydrogens (primary N) is 1. The van der Waals surface area contributed by atoms with Crippen LogP contribution in [0.4, 0.5) is 0 Å². The Morgan fingerprint density at radius 2 is 1.75 bits per heavy atom. The number of carbonyl (C=O) groups excluding carboxylic acids is 1. The Balaban J connectivity index is 2.96. The van der Waals surface area contributed by atoms with E-state index in [4.69, 9.17) is 5.73 Å². The largest absolute Gasteiger partial charge is 0.321 e. The minimum absolute atomic E-state index is 0.0566. The second-order valence-electron chi connectivity index (χ2n) is 4.65. The van der Waals surface area contributed by atoms with Gasteiger partial charge in [-0.15, -0.1) is 0 Å². The monoisotopic (exact) mass is 219 g/mol. The first-order valence-corrected chi connectivity index (χ1v) is 5.83. The van der Waals surface area contributed by atoms with E-state index in [1.807, 2.05) is 32.9 Å². The predicted octanol–water partition coefficient (Wildman–Crippen LogP) is 2.86. The van der Waals surface area contributed by atoms with Crippen molar-refractivity contribution in [1.82, 2.24) is 0 Å². The molecular formula is C14H21NO. The number of benzene rings is 1. The fraction of sp³-hybridized carbons (Fsp3) is 0.500. The van der Waals surface area contributed by atoms with Gasteiger partial charge in [-0.2, -0.15) is 0 Å². The Hall–Kier alpha value is -1.15. The third kappa shape index (κ3) is 2.92. The number of carbonyl (C=O) groups is 1. The summed E-state index contributed by atoms with van der Waals surface area (Å²) in [6.45, 7) is 8.07. The number of hydrogen-bond donors (Lipinski definition) is 1. The maximum Gasteiger partial charge on any atom is 0.179 e. The average molecular weight is 219 g/mol. The van der Waals surface area contributed by atoms with Crippen molar-refractivity contribution < 1.29 is 4.79 Å². The molecule has 0 saturated heterocycles. The lowest BCUT2D eigenvalue weighted by molar-refractivity contribution is 0.0935. The van der Waals surface area contributed by atoms with Gasteiger partial charge in [0.05, 0.1) is 6.04 Å². The minimum atomic E-state index is -0.383. The summed E-state index contributed by atoms with van der Waals surface area (Å²) in [4.78, 5) is 12.1. The van der Waals surface area contributed by atoms with Crippen molar-refractivity contribution in [2.24, 2.45) is 11.7 Å². The normalized spacial score (nSPS) is 14.6. The molecule has 0 aliphatic carbocycles.